The van der Waals surface area contributed by atoms with E-state index in [4.69, 9.17) is 4.74 Å². The summed E-state index contributed by atoms with van der Waals surface area (Å²) in [6, 6.07) is 22.3. The topological polar surface area (TPSA) is 75.7 Å². The first-order chi connectivity index (χ1) is 16.2. The lowest BCUT2D eigenvalue weighted by atomic mass is 10.0. The Labute approximate surface area is 202 Å². The highest BCUT2D eigenvalue weighted by atomic mass is 32.2. The van der Waals surface area contributed by atoms with E-state index in [1.165, 1.54) is 10.6 Å². The molecule has 34 heavy (non-hydrogen) atoms. The second-order valence-electron chi connectivity index (χ2n) is 8.55. The maximum Gasteiger partial charge on any atom is 0.251 e. The van der Waals surface area contributed by atoms with Gasteiger partial charge >= 0.3 is 0 Å². The molecule has 3 rings (SSSR count). The largest absolute Gasteiger partial charge is 0.491 e. The fourth-order valence-corrected chi connectivity index (χ4v) is 4.56. The van der Waals surface area contributed by atoms with Crippen molar-refractivity contribution in [3.63, 3.8) is 0 Å². The molecule has 0 atom stereocenters. The first-order valence-electron chi connectivity index (χ1n) is 11.3. The lowest BCUT2D eigenvalue weighted by molar-refractivity contribution is 0.0947. The number of anilines is 1. The quantitative estimate of drug-likeness (QED) is 0.419. The van der Waals surface area contributed by atoms with Gasteiger partial charge in [-0.15, -0.1) is 0 Å². The zero-order valence-corrected chi connectivity index (χ0v) is 20.9. The number of ether oxygens (including phenoxy) is 1. The number of amides is 1. The minimum absolute atomic E-state index is 0.182. The molecular weight excluding hydrogens is 448 g/mol. The number of hydrogen-bond acceptors (Lipinski definition) is 4. The molecule has 6 nitrogen and oxygen atoms in total. The van der Waals surface area contributed by atoms with Crippen LogP contribution < -0.4 is 14.4 Å². The third-order valence-electron chi connectivity index (χ3n) is 5.51. The molecule has 0 aromatic heterocycles. The van der Waals surface area contributed by atoms with E-state index < -0.39 is 10.0 Å². The Morgan fingerprint density at radius 1 is 0.971 bits per heavy atom. The maximum absolute atomic E-state index is 12.6. The van der Waals surface area contributed by atoms with Gasteiger partial charge in [-0.05, 0) is 53.8 Å². The van der Waals surface area contributed by atoms with E-state index in [1.807, 2.05) is 69.3 Å². The Morgan fingerprint density at radius 2 is 1.62 bits per heavy atom. The van der Waals surface area contributed by atoms with Gasteiger partial charge in [0.1, 0.15) is 12.4 Å². The van der Waals surface area contributed by atoms with Gasteiger partial charge in [-0.1, -0.05) is 62.4 Å². The van der Waals surface area contributed by atoms with Crippen LogP contribution in [-0.2, 0) is 16.6 Å². The molecule has 3 aromatic rings. The van der Waals surface area contributed by atoms with Crippen LogP contribution in [0.15, 0.2) is 72.8 Å². The summed E-state index contributed by atoms with van der Waals surface area (Å²) in [7, 11) is -3.50. The van der Waals surface area contributed by atoms with Gasteiger partial charge in [0.05, 0.1) is 25.0 Å². The van der Waals surface area contributed by atoms with E-state index >= 15 is 0 Å². The molecule has 0 saturated heterocycles. The Morgan fingerprint density at radius 3 is 2.26 bits per heavy atom. The molecule has 180 valence electrons. The summed E-state index contributed by atoms with van der Waals surface area (Å²) in [5.74, 6) is 0.780. The summed E-state index contributed by atoms with van der Waals surface area (Å²) in [6.07, 6.45) is 1.21. The molecule has 7 heteroatoms. The molecule has 0 aliphatic rings. The molecule has 0 aliphatic heterocycles. The number of nitrogens with zero attached hydrogens (tertiary/aromatic N) is 1. The minimum atomic E-state index is -3.50. The second kappa shape index (κ2) is 11.2. The Kier molecular flexibility index (Phi) is 8.34. The van der Waals surface area contributed by atoms with Crippen LogP contribution in [0.3, 0.4) is 0 Å². The minimum Gasteiger partial charge on any atom is -0.491 e. The molecule has 0 bridgehead atoms. The molecule has 1 N–H and O–H groups in total. The zero-order chi connectivity index (χ0) is 24.7. The average Bonchev–Trinajstić information content (AvgIpc) is 2.81. The van der Waals surface area contributed by atoms with Gasteiger partial charge in [0.2, 0.25) is 10.0 Å². The third-order valence-corrected chi connectivity index (χ3v) is 6.64. The van der Waals surface area contributed by atoms with Crippen molar-refractivity contribution < 1.29 is 17.9 Å². The van der Waals surface area contributed by atoms with E-state index in [-0.39, 0.29) is 18.4 Å². The van der Waals surface area contributed by atoms with E-state index in [2.05, 4.69) is 5.32 Å². The molecule has 0 spiro atoms. The molecule has 0 saturated carbocycles. The molecule has 0 radical (unpaired) electrons. The summed E-state index contributed by atoms with van der Waals surface area (Å²) < 4.78 is 32.3. The number of hydrogen-bond donors (Lipinski definition) is 1. The number of carbonyl (C=O) groups is 1. The SMILES string of the molecule is Cc1ccccc1OCCNC(=O)c1ccc(CN(c2ccccc2C(C)C)S(C)(=O)=O)cc1. The summed E-state index contributed by atoms with van der Waals surface area (Å²) in [5, 5.41) is 2.85. The highest BCUT2D eigenvalue weighted by molar-refractivity contribution is 7.92. The predicted molar refractivity (Wildman–Crippen MR) is 137 cm³/mol. The highest BCUT2D eigenvalue weighted by Crippen LogP contribution is 2.30. The molecule has 1 amide bonds. The number of sulfonamides is 1. The van der Waals surface area contributed by atoms with E-state index in [9.17, 15) is 13.2 Å². The molecule has 0 unspecified atom stereocenters. The number of carbonyl (C=O) groups excluding carboxylic acids is 1. The monoisotopic (exact) mass is 480 g/mol. The van der Waals surface area contributed by atoms with Crippen LogP contribution >= 0.6 is 0 Å². The standard InChI is InChI=1S/C27H32N2O4S/c1-20(2)24-10-6-7-11-25(24)29(34(4,31)32)19-22-13-15-23(16-14-22)27(30)28-17-18-33-26-12-8-5-9-21(26)3/h5-16,20H,17-19H2,1-4H3,(H,28,30). The van der Waals surface area contributed by atoms with Crippen molar-refractivity contribution in [1.82, 2.24) is 5.32 Å². The van der Waals surface area contributed by atoms with Crippen LogP contribution in [0.1, 0.15) is 46.8 Å². The van der Waals surface area contributed by atoms with Crippen molar-refractivity contribution in [2.45, 2.75) is 33.2 Å². The number of rotatable bonds is 10. The molecule has 0 aliphatic carbocycles. The third kappa shape index (κ3) is 6.60. The lowest BCUT2D eigenvalue weighted by Crippen LogP contribution is -2.30. The van der Waals surface area contributed by atoms with E-state index in [1.54, 1.807) is 24.3 Å². The van der Waals surface area contributed by atoms with Gasteiger partial charge in [0.25, 0.3) is 5.91 Å². The Balaban J connectivity index is 1.63. The fraction of sp³-hybridized carbons (Fsp3) is 0.296. The van der Waals surface area contributed by atoms with Crippen molar-refractivity contribution >= 4 is 21.6 Å². The van der Waals surface area contributed by atoms with Gasteiger partial charge in [0, 0.05) is 5.56 Å². The average molecular weight is 481 g/mol. The van der Waals surface area contributed by atoms with Gasteiger partial charge in [-0.25, -0.2) is 8.42 Å². The fourth-order valence-electron chi connectivity index (χ4n) is 3.66. The predicted octanol–water partition coefficient (Wildman–Crippen LogP) is 4.89. The van der Waals surface area contributed by atoms with Gasteiger partial charge in [-0.2, -0.15) is 0 Å². The number of nitrogens with one attached hydrogen (secondary N) is 1. The van der Waals surface area contributed by atoms with E-state index in [0.717, 1.165) is 22.4 Å². The number of benzene rings is 3. The van der Waals surface area contributed by atoms with Crippen LogP contribution in [0.4, 0.5) is 5.69 Å². The summed E-state index contributed by atoms with van der Waals surface area (Å²) >= 11 is 0. The zero-order valence-electron chi connectivity index (χ0n) is 20.1. The number of aryl methyl sites for hydroxylation is 1. The smallest absolute Gasteiger partial charge is 0.251 e. The van der Waals surface area contributed by atoms with Crippen LogP contribution in [-0.4, -0.2) is 33.7 Å². The van der Waals surface area contributed by atoms with E-state index in [0.29, 0.717) is 24.4 Å². The molecular formula is C27H32N2O4S. The van der Waals surface area contributed by atoms with Crippen molar-refractivity contribution in [2.24, 2.45) is 0 Å². The van der Waals surface area contributed by atoms with Crippen molar-refractivity contribution in [3.8, 4) is 5.75 Å². The van der Waals surface area contributed by atoms with Gasteiger partial charge in [0.15, 0.2) is 0 Å². The normalized spacial score (nSPS) is 11.3. The van der Waals surface area contributed by atoms with Crippen LogP contribution in [0.25, 0.3) is 0 Å². The lowest BCUT2D eigenvalue weighted by Gasteiger charge is -2.26. The molecule has 0 heterocycles. The molecule has 3 aromatic carbocycles. The summed E-state index contributed by atoms with van der Waals surface area (Å²) in [6.45, 7) is 6.99. The Bertz CT molecular complexity index is 1220. The number of para-hydroxylation sites is 2. The van der Waals surface area contributed by atoms with Crippen LogP contribution in [0, 0.1) is 6.92 Å². The first kappa shape index (κ1) is 25.3. The first-order valence-corrected chi connectivity index (χ1v) is 13.1. The summed E-state index contributed by atoms with van der Waals surface area (Å²) in [5.41, 5.74) is 3.99. The summed E-state index contributed by atoms with van der Waals surface area (Å²) in [4.78, 5) is 12.5. The van der Waals surface area contributed by atoms with Gasteiger partial charge < -0.3 is 10.1 Å². The maximum atomic E-state index is 12.6. The van der Waals surface area contributed by atoms with Crippen molar-refractivity contribution in [3.05, 3.63) is 95.1 Å². The highest BCUT2D eigenvalue weighted by Gasteiger charge is 2.21. The van der Waals surface area contributed by atoms with Crippen LogP contribution in [0.2, 0.25) is 0 Å². The van der Waals surface area contributed by atoms with Crippen molar-refractivity contribution in [1.29, 1.82) is 0 Å². The van der Waals surface area contributed by atoms with Crippen LogP contribution in [0.5, 0.6) is 5.75 Å². The Hall–Kier alpha value is -3.32. The van der Waals surface area contributed by atoms with Crippen molar-refractivity contribution in [2.75, 3.05) is 23.7 Å². The van der Waals surface area contributed by atoms with Gasteiger partial charge in [-0.3, -0.25) is 9.10 Å². The second-order valence-corrected chi connectivity index (χ2v) is 10.5. The molecule has 0 fully saturated rings.